The highest BCUT2D eigenvalue weighted by Crippen LogP contribution is 2.34. The molecule has 0 amide bonds. The van der Waals surface area contributed by atoms with Crippen molar-refractivity contribution in [1.82, 2.24) is 0 Å². The summed E-state index contributed by atoms with van der Waals surface area (Å²) in [6.45, 7) is 3.71. The molecule has 18 heavy (non-hydrogen) atoms. The molecule has 2 nitrogen and oxygen atoms in total. The molecular weight excluding hydrogens is 288 g/mol. The molecule has 2 rings (SSSR count). The van der Waals surface area contributed by atoms with Crippen LogP contribution in [0, 0.1) is 18.3 Å². The zero-order valence-corrected chi connectivity index (χ0v) is 12.3. The van der Waals surface area contributed by atoms with Crippen LogP contribution in [0.4, 0.5) is 5.69 Å². The Hall–Kier alpha value is -0.980. The lowest BCUT2D eigenvalue weighted by Gasteiger charge is -2.24. The summed E-state index contributed by atoms with van der Waals surface area (Å²) < 4.78 is 1.08. The highest BCUT2D eigenvalue weighted by molar-refractivity contribution is 9.10. The molecule has 0 bridgehead atoms. The zero-order chi connectivity index (χ0) is 13.1. The summed E-state index contributed by atoms with van der Waals surface area (Å²) in [5.41, 5.74) is 8.20. The Kier molecular flexibility index (Phi) is 4.31. The van der Waals surface area contributed by atoms with E-state index in [-0.39, 0.29) is 6.04 Å². The first kappa shape index (κ1) is 13.5. The molecule has 0 aliphatic heterocycles. The van der Waals surface area contributed by atoms with Crippen LogP contribution in [0.5, 0.6) is 0 Å². The van der Waals surface area contributed by atoms with Crippen molar-refractivity contribution >= 4 is 21.6 Å². The maximum Gasteiger partial charge on any atom is 0.0792 e. The van der Waals surface area contributed by atoms with E-state index >= 15 is 0 Å². The smallest absolute Gasteiger partial charge is 0.0792 e. The minimum atomic E-state index is 0.0554. The number of benzene rings is 1. The first-order valence-electron chi connectivity index (χ1n) is 6.35. The standard InChI is InChI=1S/C15H19BrN2/c1-3-8-18(10-12-4-5-12)15-7-6-13(11(2)17)9-14(15)16/h1,6-7,9,11-12H,4-5,8,10,17H2,2H3. The Morgan fingerprint density at radius 1 is 1.56 bits per heavy atom. The van der Waals surface area contributed by atoms with E-state index in [4.69, 9.17) is 12.2 Å². The lowest BCUT2D eigenvalue weighted by Crippen LogP contribution is -2.26. The molecule has 96 valence electrons. The maximum atomic E-state index is 5.89. The number of terminal acetylenes is 1. The van der Waals surface area contributed by atoms with Crippen LogP contribution in [0.1, 0.15) is 31.4 Å². The average Bonchev–Trinajstić information content (AvgIpc) is 3.12. The third-order valence-corrected chi connectivity index (χ3v) is 3.93. The van der Waals surface area contributed by atoms with Gasteiger partial charge in [-0.05, 0) is 59.3 Å². The molecule has 0 aromatic heterocycles. The minimum Gasteiger partial charge on any atom is -0.359 e. The van der Waals surface area contributed by atoms with Crippen molar-refractivity contribution < 1.29 is 0 Å². The molecule has 1 atom stereocenters. The van der Waals surface area contributed by atoms with Crippen LogP contribution < -0.4 is 10.6 Å². The van der Waals surface area contributed by atoms with Gasteiger partial charge in [0.15, 0.2) is 0 Å². The first-order valence-corrected chi connectivity index (χ1v) is 7.14. The van der Waals surface area contributed by atoms with Gasteiger partial charge in [0.25, 0.3) is 0 Å². The van der Waals surface area contributed by atoms with Gasteiger partial charge in [0, 0.05) is 17.1 Å². The van der Waals surface area contributed by atoms with E-state index in [2.05, 4.69) is 44.9 Å². The average molecular weight is 307 g/mol. The highest BCUT2D eigenvalue weighted by atomic mass is 79.9. The third kappa shape index (κ3) is 3.28. The number of hydrogen-bond acceptors (Lipinski definition) is 2. The van der Waals surface area contributed by atoms with Gasteiger partial charge >= 0.3 is 0 Å². The van der Waals surface area contributed by atoms with Gasteiger partial charge in [0.2, 0.25) is 0 Å². The van der Waals surface area contributed by atoms with E-state index < -0.39 is 0 Å². The fourth-order valence-corrected chi connectivity index (χ4v) is 2.68. The van der Waals surface area contributed by atoms with Crippen LogP contribution in [-0.2, 0) is 0 Å². The molecule has 1 aromatic carbocycles. The zero-order valence-electron chi connectivity index (χ0n) is 10.7. The van der Waals surface area contributed by atoms with Gasteiger partial charge in [0.05, 0.1) is 12.2 Å². The van der Waals surface area contributed by atoms with Crippen LogP contribution in [0.15, 0.2) is 22.7 Å². The quantitative estimate of drug-likeness (QED) is 0.846. The summed E-state index contributed by atoms with van der Waals surface area (Å²) in [6, 6.07) is 6.35. The molecule has 3 heteroatoms. The van der Waals surface area contributed by atoms with Crippen LogP contribution in [0.25, 0.3) is 0 Å². The van der Waals surface area contributed by atoms with Gasteiger partial charge in [-0.2, -0.15) is 0 Å². The van der Waals surface area contributed by atoms with E-state index in [9.17, 15) is 0 Å². The Morgan fingerprint density at radius 3 is 2.78 bits per heavy atom. The molecule has 2 N–H and O–H groups in total. The van der Waals surface area contributed by atoms with E-state index in [1.54, 1.807) is 0 Å². The van der Waals surface area contributed by atoms with E-state index in [1.165, 1.54) is 18.5 Å². The van der Waals surface area contributed by atoms with Crippen molar-refractivity contribution in [2.45, 2.75) is 25.8 Å². The summed E-state index contributed by atoms with van der Waals surface area (Å²) in [5, 5.41) is 0. The Morgan fingerprint density at radius 2 is 2.28 bits per heavy atom. The summed E-state index contributed by atoms with van der Waals surface area (Å²) in [7, 11) is 0. The van der Waals surface area contributed by atoms with Gasteiger partial charge in [0.1, 0.15) is 0 Å². The molecule has 1 aliphatic carbocycles. The topological polar surface area (TPSA) is 29.3 Å². The Bertz CT molecular complexity index is 458. The van der Waals surface area contributed by atoms with Crippen LogP contribution in [-0.4, -0.2) is 13.1 Å². The van der Waals surface area contributed by atoms with Crippen molar-refractivity contribution in [3.05, 3.63) is 28.2 Å². The summed E-state index contributed by atoms with van der Waals surface area (Å²) in [5.74, 6) is 3.56. The minimum absolute atomic E-state index is 0.0554. The predicted molar refractivity (Wildman–Crippen MR) is 80.5 cm³/mol. The van der Waals surface area contributed by atoms with Gasteiger partial charge in [-0.15, -0.1) is 6.42 Å². The van der Waals surface area contributed by atoms with Gasteiger partial charge in [-0.1, -0.05) is 12.0 Å². The molecule has 1 saturated carbocycles. The van der Waals surface area contributed by atoms with Gasteiger partial charge < -0.3 is 10.6 Å². The number of nitrogens with two attached hydrogens (primary N) is 1. The number of hydrogen-bond donors (Lipinski definition) is 1. The fraction of sp³-hybridized carbons (Fsp3) is 0.467. The largest absolute Gasteiger partial charge is 0.359 e. The lowest BCUT2D eigenvalue weighted by atomic mass is 10.1. The Balaban J connectivity index is 2.20. The number of rotatable bonds is 5. The Labute approximate surface area is 118 Å². The van der Waals surface area contributed by atoms with E-state index in [0.717, 1.165) is 22.5 Å². The maximum absolute atomic E-state index is 5.89. The third-order valence-electron chi connectivity index (χ3n) is 3.30. The van der Waals surface area contributed by atoms with E-state index in [1.807, 2.05) is 6.92 Å². The summed E-state index contributed by atoms with van der Waals surface area (Å²) in [4.78, 5) is 2.27. The molecule has 1 fully saturated rings. The van der Waals surface area contributed by atoms with Crippen LogP contribution in [0.2, 0.25) is 0 Å². The van der Waals surface area contributed by atoms with Crippen molar-refractivity contribution in [3.8, 4) is 12.3 Å². The van der Waals surface area contributed by atoms with E-state index in [0.29, 0.717) is 6.54 Å². The van der Waals surface area contributed by atoms with Gasteiger partial charge in [-0.25, -0.2) is 0 Å². The second-order valence-corrected chi connectivity index (χ2v) is 5.88. The normalized spacial score (nSPS) is 16.1. The SMILES string of the molecule is C#CCN(CC1CC1)c1ccc(C(C)N)cc1Br. The molecule has 0 radical (unpaired) electrons. The molecule has 0 spiro atoms. The van der Waals surface area contributed by atoms with Crippen molar-refractivity contribution in [2.24, 2.45) is 11.7 Å². The van der Waals surface area contributed by atoms with Crippen LogP contribution in [0.3, 0.4) is 0 Å². The second-order valence-electron chi connectivity index (χ2n) is 5.03. The number of halogens is 1. The lowest BCUT2D eigenvalue weighted by molar-refractivity contribution is 0.762. The summed E-state index contributed by atoms with van der Waals surface area (Å²) >= 11 is 3.63. The second kappa shape index (κ2) is 5.77. The van der Waals surface area contributed by atoms with Gasteiger partial charge in [-0.3, -0.25) is 0 Å². The number of nitrogens with zero attached hydrogens (tertiary/aromatic N) is 1. The van der Waals surface area contributed by atoms with Crippen LogP contribution >= 0.6 is 15.9 Å². The predicted octanol–water partition coefficient (Wildman–Crippen LogP) is 3.32. The number of anilines is 1. The highest BCUT2D eigenvalue weighted by Gasteiger charge is 2.25. The first-order chi connectivity index (χ1) is 8.61. The molecular formula is C15H19BrN2. The fourth-order valence-electron chi connectivity index (χ4n) is 2.03. The monoisotopic (exact) mass is 306 g/mol. The molecule has 0 saturated heterocycles. The van der Waals surface area contributed by atoms with Crippen molar-refractivity contribution in [3.63, 3.8) is 0 Å². The van der Waals surface area contributed by atoms with Crippen molar-refractivity contribution in [2.75, 3.05) is 18.0 Å². The molecule has 0 heterocycles. The summed E-state index contributed by atoms with van der Waals surface area (Å²) in [6.07, 6.45) is 8.12. The molecule has 1 unspecified atom stereocenters. The van der Waals surface area contributed by atoms with Crippen molar-refractivity contribution in [1.29, 1.82) is 0 Å². The molecule has 1 aromatic rings. The molecule has 1 aliphatic rings.